The van der Waals surface area contributed by atoms with Gasteiger partial charge in [-0.3, -0.25) is 9.69 Å². The first-order chi connectivity index (χ1) is 10.6. The molecule has 2 aromatic carbocycles. The van der Waals surface area contributed by atoms with Crippen molar-refractivity contribution in [3.63, 3.8) is 0 Å². The van der Waals surface area contributed by atoms with Gasteiger partial charge in [0.25, 0.3) is 5.91 Å². The summed E-state index contributed by atoms with van der Waals surface area (Å²) in [7, 11) is 2.06. The van der Waals surface area contributed by atoms with E-state index in [2.05, 4.69) is 29.4 Å². The molecule has 0 radical (unpaired) electrons. The minimum atomic E-state index is -0.0848. The molecule has 0 bridgehead atoms. The van der Waals surface area contributed by atoms with E-state index in [1.165, 1.54) is 5.56 Å². The molecule has 0 aromatic heterocycles. The number of benzene rings is 2. The molecule has 22 heavy (non-hydrogen) atoms. The van der Waals surface area contributed by atoms with Crippen LogP contribution in [0.3, 0.4) is 0 Å². The third kappa shape index (κ3) is 4.33. The number of anilines is 1. The molecule has 0 aliphatic rings. The molecule has 2 rings (SSSR count). The van der Waals surface area contributed by atoms with E-state index in [9.17, 15) is 4.79 Å². The third-order valence-electron chi connectivity index (χ3n) is 3.48. The van der Waals surface area contributed by atoms with E-state index in [-0.39, 0.29) is 5.91 Å². The quantitative estimate of drug-likeness (QED) is 0.806. The number of hydrogen-bond acceptors (Lipinski definition) is 3. The summed E-state index contributed by atoms with van der Waals surface area (Å²) in [5, 5.41) is 2.78. The van der Waals surface area contributed by atoms with E-state index in [0.717, 1.165) is 18.7 Å². The first-order valence-corrected chi connectivity index (χ1v) is 7.49. The lowest BCUT2D eigenvalue weighted by atomic mass is 10.1. The molecule has 3 N–H and O–H groups in total. The van der Waals surface area contributed by atoms with Gasteiger partial charge in [-0.25, -0.2) is 0 Å². The molecule has 0 unspecified atom stereocenters. The van der Waals surface area contributed by atoms with Gasteiger partial charge >= 0.3 is 0 Å². The molecule has 0 atom stereocenters. The number of nitrogen functional groups attached to an aromatic ring is 1. The second kappa shape index (κ2) is 7.61. The average molecular weight is 297 g/mol. The van der Waals surface area contributed by atoms with Crippen LogP contribution in [0.25, 0.3) is 0 Å². The predicted octanol–water partition coefficient (Wildman–Crippen LogP) is 2.65. The zero-order chi connectivity index (χ0) is 15.9. The Morgan fingerprint density at radius 2 is 1.86 bits per heavy atom. The Balaban J connectivity index is 2.02. The minimum Gasteiger partial charge on any atom is -0.398 e. The Bertz CT molecular complexity index is 625. The average Bonchev–Trinajstić information content (AvgIpc) is 2.50. The summed E-state index contributed by atoms with van der Waals surface area (Å²) in [4.78, 5) is 14.0. The molecule has 0 saturated carbocycles. The largest absolute Gasteiger partial charge is 0.398 e. The highest BCUT2D eigenvalue weighted by Crippen LogP contribution is 2.17. The molecule has 0 saturated heterocycles. The van der Waals surface area contributed by atoms with Crippen LogP contribution in [0, 0.1) is 0 Å². The number of nitrogens with one attached hydrogen (secondary N) is 1. The summed E-state index contributed by atoms with van der Waals surface area (Å²) in [6.07, 6.45) is 0. The summed E-state index contributed by atoms with van der Waals surface area (Å²) in [6.45, 7) is 4.11. The number of carbonyl (C=O) groups is 1. The predicted molar refractivity (Wildman–Crippen MR) is 90.5 cm³/mol. The van der Waals surface area contributed by atoms with Crippen LogP contribution in [-0.2, 0) is 13.1 Å². The van der Waals surface area contributed by atoms with Crippen LogP contribution < -0.4 is 11.1 Å². The fourth-order valence-electron chi connectivity index (χ4n) is 2.38. The molecule has 4 nitrogen and oxygen atoms in total. The summed E-state index contributed by atoms with van der Waals surface area (Å²) >= 11 is 0. The molecule has 4 heteroatoms. The molecule has 2 aromatic rings. The van der Waals surface area contributed by atoms with Gasteiger partial charge in [0.1, 0.15) is 0 Å². The number of nitrogens with two attached hydrogens (primary N) is 1. The number of carbonyl (C=O) groups excluding carboxylic acids is 1. The standard InChI is InChI=1S/C18H23N3O/c1-3-20-18(22)15-9-10-16(17(19)11-15)13-21(2)12-14-7-5-4-6-8-14/h4-11H,3,12-13,19H2,1-2H3,(H,20,22). The van der Waals surface area contributed by atoms with Crippen molar-refractivity contribution in [2.45, 2.75) is 20.0 Å². The van der Waals surface area contributed by atoms with E-state index in [0.29, 0.717) is 17.8 Å². The molecular formula is C18H23N3O. The molecule has 0 spiro atoms. The number of amides is 1. The molecule has 0 fully saturated rings. The van der Waals surface area contributed by atoms with E-state index in [1.807, 2.05) is 37.3 Å². The number of nitrogens with zero attached hydrogens (tertiary/aromatic N) is 1. The fourth-order valence-corrected chi connectivity index (χ4v) is 2.38. The van der Waals surface area contributed by atoms with E-state index in [1.54, 1.807) is 6.07 Å². The van der Waals surface area contributed by atoms with Crippen LogP contribution in [0.1, 0.15) is 28.4 Å². The molecule has 1 amide bonds. The van der Waals surface area contributed by atoms with Gasteiger partial charge in [-0.05, 0) is 37.2 Å². The van der Waals surface area contributed by atoms with Crippen molar-refractivity contribution >= 4 is 11.6 Å². The summed E-state index contributed by atoms with van der Waals surface area (Å²) < 4.78 is 0. The van der Waals surface area contributed by atoms with Crippen LogP contribution in [0.2, 0.25) is 0 Å². The maximum absolute atomic E-state index is 11.8. The first kappa shape index (κ1) is 16.0. The normalized spacial score (nSPS) is 10.7. The minimum absolute atomic E-state index is 0.0848. The van der Waals surface area contributed by atoms with Gasteiger partial charge in [0, 0.05) is 30.9 Å². The zero-order valence-corrected chi connectivity index (χ0v) is 13.2. The first-order valence-electron chi connectivity index (χ1n) is 7.49. The Hall–Kier alpha value is -2.33. The van der Waals surface area contributed by atoms with Crippen molar-refractivity contribution in [1.29, 1.82) is 0 Å². The van der Waals surface area contributed by atoms with Crippen molar-refractivity contribution in [3.8, 4) is 0 Å². The number of hydrogen-bond donors (Lipinski definition) is 2. The van der Waals surface area contributed by atoms with Crippen molar-refractivity contribution in [2.24, 2.45) is 0 Å². The van der Waals surface area contributed by atoms with Crippen LogP contribution >= 0.6 is 0 Å². The Morgan fingerprint density at radius 3 is 2.50 bits per heavy atom. The SMILES string of the molecule is CCNC(=O)c1ccc(CN(C)Cc2ccccc2)c(N)c1. The zero-order valence-electron chi connectivity index (χ0n) is 13.2. The van der Waals surface area contributed by atoms with Gasteiger partial charge in [-0.1, -0.05) is 36.4 Å². The van der Waals surface area contributed by atoms with Gasteiger partial charge < -0.3 is 11.1 Å². The molecule has 0 aliphatic carbocycles. The highest BCUT2D eigenvalue weighted by molar-refractivity contribution is 5.95. The van der Waals surface area contributed by atoms with Gasteiger partial charge in [0.2, 0.25) is 0 Å². The van der Waals surface area contributed by atoms with Crippen LogP contribution in [0.5, 0.6) is 0 Å². The maximum atomic E-state index is 11.8. The molecular weight excluding hydrogens is 274 g/mol. The Labute approximate surface area is 131 Å². The van der Waals surface area contributed by atoms with Crippen LogP contribution in [0.15, 0.2) is 48.5 Å². The fraction of sp³-hybridized carbons (Fsp3) is 0.278. The smallest absolute Gasteiger partial charge is 0.251 e. The van der Waals surface area contributed by atoms with Crippen molar-refractivity contribution in [1.82, 2.24) is 10.2 Å². The van der Waals surface area contributed by atoms with Gasteiger partial charge in [0.05, 0.1) is 0 Å². The second-order valence-corrected chi connectivity index (χ2v) is 5.43. The van der Waals surface area contributed by atoms with E-state index >= 15 is 0 Å². The van der Waals surface area contributed by atoms with Crippen molar-refractivity contribution < 1.29 is 4.79 Å². The molecule has 116 valence electrons. The van der Waals surface area contributed by atoms with Gasteiger partial charge in [0.15, 0.2) is 0 Å². The Morgan fingerprint density at radius 1 is 1.14 bits per heavy atom. The van der Waals surface area contributed by atoms with Crippen LogP contribution in [-0.4, -0.2) is 24.4 Å². The topological polar surface area (TPSA) is 58.4 Å². The monoisotopic (exact) mass is 297 g/mol. The van der Waals surface area contributed by atoms with Gasteiger partial charge in [-0.15, -0.1) is 0 Å². The lowest BCUT2D eigenvalue weighted by Crippen LogP contribution is -2.23. The van der Waals surface area contributed by atoms with Crippen molar-refractivity contribution in [3.05, 3.63) is 65.2 Å². The van der Waals surface area contributed by atoms with Crippen molar-refractivity contribution in [2.75, 3.05) is 19.3 Å². The van der Waals surface area contributed by atoms with E-state index < -0.39 is 0 Å². The molecule has 0 aliphatic heterocycles. The highest BCUT2D eigenvalue weighted by Gasteiger charge is 2.09. The van der Waals surface area contributed by atoms with Crippen LogP contribution in [0.4, 0.5) is 5.69 Å². The van der Waals surface area contributed by atoms with E-state index in [4.69, 9.17) is 5.73 Å². The summed E-state index contributed by atoms with van der Waals surface area (Å²) in [5.41, 5.74) is 9.65. The van der Waals surface area contributed by atoms with Gasteiger partial charge in [-0.2, -0.15) is 0 Å². The Kier molecular flexibility index (Phi) is 5.55. The lowest BCUT2D eigenvalue weighted by molar-refractivity contribution is 0.0956. The second-order valence-electron chi connectivity index (χ2n) is 5.43. The number of rotatable bonds is 6. The third-order valence-corrected chi connectivity index (χ3v) is 3.48. The summed E-state index contributed by atoms with van der Waals surface area (Å²) in [5.74, 6) is -0.0848. The highest BCUT2D eigenvalue weighted by atomic mass is 16.1. The summed E-state index contributed by atoms with van der Waals surface area (Å²) in [6, 6.07) is 15.8. The maximum Gasteiger partial charge on any atom is 0.251 e. The lowest BCUT2D eigenvalue weighted by Gasteiger charge is -2.18. The molecule has 0 heterocycles.